The molecule has 24 heavy (non-hydrogen) atoms. The number of benzene rings is 2. The smallest absolute Gasteiger partial charge is 0.157 e. The minimum atomic E-state index is -1.85. The van der Waals surface area contributed by atoms with Crippen molar-refractivity contribution in [3.63, 3.8) is 0 Å². The summed E-state index contributed by atoms with van der Waals surface area (Å²) >= 11 is 3.95. The quantitative estimate of drug-likeness (QED) is 0.530. The molecular formula is C18H19ClN2O2S. The highest BCUT2D eigenvalue weighted by atomic mass is 35.5. The van der Waals surface area contributed by atoms with Crippen LogP contribution in [-0.4, -0.2) is 24.2 Å². The van der Waals surface area contributed by atoms with Gasteiger partial charge in [-0.05, 0) is 41.8 Å². The zero-order valence-electron chi connectivity index (χ0n) is 13.4. The van der Waals surface area contributed by atoms with E-state index >= 15 is 0 Å². The Bertz CT molecular complexity index is 875. The molecule has 0 saturated carbocycles. The molecule has 0 spiro atoms. The summed E-state index contributed by atoms with van der Waals surface area (Å²) in [5, 5.41) is 0. The van der Waals surface area contributed by atoms with Crippen molar-refractivity contribution in [2.75, 3.05) is 5.88 Å². The third-order valence-corrected chi connectivity index (χ3v) is 4.74. The molecule has 2 aromatic carbocycles. The molecule has 1 heterocycles. The lowest BCUT2D eigenvalue weighted by molar-refractivity contribution is 0.563. The monoisotopic (exact) mass is 362 g/mol. The van der Waals surface area contributed by atoms with E-state index in [1.165, 1.54) is 5.56 Å². The van der Waals surface area contributed by atoms with Crippen LogP contribution in [-0.2, 0) is 29.7 Å². The van der Waals surface area contributed by atoms with Gasteiger partial charge in [-0.1, -0.05) is 25.1 Å². The molecule has 1 aromatic heterocycles. The number of aryl methyl sites for hydroxylation is 2. The van der Waals surface area contributed by atoms with Gasteiger partial charge in [-0.25, -0.2) is 9.19 Å². The number of halogens is 1. The van der Waals surface area contributed by atoms with Crippen LogP contribution in [0.1, 0.15) is 23.9 Å². The highest BCUT2D eigenvalue weighted by Crippen LogP contribution is 2.24. The molecule has 1 atom stereocenters. The van der Waals surface area contributed by atoms with Crippen LogP contribution >= 0.6 is 11.6 Å². The maximum Gasteiger partial charge on any atom is 0.157 e. The largest absolute Gasteiger partial charge is 0.306 e. The Hall–Kier alpha value is -1.69. The molecule has 0 aliphatic heterocycles. The molecule has 3 rings (SSSR count). The minimum Gasteiger partial charge on any atom is -0.306 e. The maximum absolute atomic E-state index is 11.0. The Morgan fingerprint density at radius 1 is 1.17 bits per heavy atom. The van der Waals surface area contributed by atoms with Crippen LogP contribution in [0.3, 0.4) is 0 Å². The summed E-state index contributed by atoms with van der Waals surface area (Å²) in [6, 6.07) is 14.1. The Morgan fingerprint density at radius 3 is 2.50 bits per heavy atom. The fourth-order valence-corrected chi connectivity index (χ4v) is 3.54. The molecule has 6 heteroatoms. The average molecular weight is 363 g/mol. The summed E-state index contributed by atoms with van der Waals surface area (Å²) in [6.07, 6.45) is 1.66. The molecule has 0 saturated heterocycles. The fraction of sp³-hybridized carbons (Fsp3) is 0.278. The summed E-state index contributed by atoms with van der Waals surface area (Å²) < 4.78 is 22.2. The number of nitrogens with zero attached hydrogens (tertiary/aromatic N) is 2. The van der Waals surface area contributed by atoms with Crippen LogP contribution in [0.5, 0.6) is 0 Å². The Kier molecular flexibility index (Phi) is 5.33. The van der Waals surface area contributed by atoms with Crippen molar-refractivity contribution >= 4 is 33.7 Å². The Balaban J connectivity index is 2.07. The van der Waals surface area contributed by atoms with E-state index in [2.05, 4.69) is 35.8 Å². The SMILES string of the molecule is CCc1nc2cc(CS(=O)O)ccc2n1-c1ccc(CCCl)cc1. The van der Waals surface area contributed by atoms with Gasteiger partial charge in [-0.2, -0.15) is 0 Å². The van der Waals surface area contributed by atoms with Crippen LogP contribution in [0, 0.1) is 0 Å². The van der Waals surface area contributed by atoms with Gasteiger partial charge in [-0.15, -0.1) is 11.6 Å². The lowest BCUT2D eigenvalue weighted by Gasteiger charge is -2.09. The number of imidazole rings is 1. The van der Waals surface area contributed by atoms with E-state index in [-0.39, 0.29) is 5.75 Å². The molecule has 1 N–H and O–H groups in total. The lowest BCUT2D eigenvalue weighted by atomic mass is 10.1. The third kappa shape index (κ3) is 3.53. The van der Waals surface area contributed by atoms with E-state index in [1.807, 2.05) is 18.2 Å². The Labute approximate surface area is 148 Å². The van der Waals surface area contributed by atoms with Gasteiger partial charge in [0.15, 0.2) is 11.1 Å². The topological polar surface area (TPSA) is 55.1 Å². The first-order valence-electron chi connectivity index (χ1n) is 7.85. The molecule has 126 valence electrons. The summed E-state index contributed by atoms with van der Waals surface area (Å²) in [5.41, 5.74) is 4.94. The van der Waals surface area contributed by atoms with Crippen molar-refractivity contribution in [3.8, 4) is 5.69 Å². The summed E-state index contributed by atoms with van der Waals surface area (Å²) in [5.74, 6) is 1.71. The molecule has 1 unspecified atom stereocenters. The van der Waals surface area contributed by atoms with Crippen molar-refractivity contribution in [1.82, 2.24) is 9.55 Å². The van der Waals surface area contributed by atoms with Gasteiger partial charge in [-0.3, -0.25) is 4.57 Å². The van der Waals surface area contributed by atoms with Crippen LogP contribution in [0.2, 0.25) is 0 Å². The number of aromatic nitrogens is 2. The van der Waals surface area contributed by atoms with Crippen molar-refractivity contribution in [1.29, 1.82) is 0 Å². The van der Waals surface area contributed by atoms with Crippen LogP contribution < -0.4 is 0 Å². The fourth-order valence-electron chi connectivity index (χ4n) is 2.85. The number of alkyl halides is 1. The molecule has 0 fully saturated rings. The van der Waals surface area contributed by atoms with E-state index in [0.29, 0.717) is 5.88 Å². The first-order chi connectivity index (χ1) is 11.6. The summed E-state index contributed by atoms with van der Waals surface area (Å²) in [7, 11) is 0. The standard InChI is InChI=1S/C18H19ClN2O2S/c1-2-18-20-16-11-14(12-24(22)23)5-8-17(16)21(18)15-6-3-13(4-7-15)9-10-19/h3-8,11H,2,9-10,12H2,1H3,(H,22,23). The third-order valence-electron chi connectivity index (χ3n) is 3.97. The predicted octanol–water partition coefficient (Wildman–Crippen LogP) is 4.09. The van der Waals surface area contributed by atoms with E-state index in [1.54, 1.807) is 0 Å². The zero-order chi connectivity index (χ0) is 17.1. The van der Waals surface area contributed by atoms with E-state index < -0.39 is 11.1 Å². The van der Waals surface area contributed by atoms with Crippen LogP contribution in [0.25, 0.3) is 16.7 Å². The normalized spacial score (nSPS) is 12.6. The average Bonchev–Trinajstić information content (AvgIpc) is 2.93. The van der Waals surface area contributed by atoms with Crippen LogP contribution in [0.15, 0.2) is 42.5 Å². The van der Waals surface area contributed by atoms with Gasteiger partial charge in [0.05, 0.1) is 16.8 Å². The molecule has 3 aromatic rings. The number of hydrogen-bond donors (Lipinski definition) is 1. The van der Waals surface area contributed by atoms with Crippen molar-refractivity contribution in [2.45, 2.75) is 25.5 Å². The highest BCUT2D eigenvalue weighted by Gasteiger charge is 2.12. The molecule has 0 aliphatic rings. The number of fused-ring (bicyclic) bond motifs is 1. The molecule has 4 nitrogen and oxygen atoms in total. The number of rotatable bonds is 6. The van der Waals surface area contributed by atoms with E-state index in [0.717, 1.165) is 41.0 Å². The number of hydrogen-bond acceptors (Lipinski definition) is 2. The first-order valence-corrected chi connectivity index (χ1v) is 9.66. The zero-order valence-corrected chi connectivity index (χ0v) is 15.0. The van der Waals surface area contributed by atoms with Gasteiger partial charge in [0, 0.05) is 18.0 Å². The van der Waals surface area contributed by atoms with Crippen molar-refractivity contribution < 1.29 is 8.76 Å². The van der Waals surface area contributed by atoms with Gasteiger partial charge >= 0.3 is 0 Å². The first kappa shape index (κ1) is 17.1. The molecule has 0 amide bonds. The second-order valence-corrected chi connectivity index (χ2v) is 6.92. The van der Waals surface area contributed by atoms with Gasteiger partial charge in [0.25, 0.3) is 0 Å². The molecule has 0 bridgehead atoms. The van der Waals surface area contributed by atoms with Crippen LogP contribution in [0.4, 0.5) is 0 Å². The Morgan fingerprint density at radius 2 is 1.88 bits per heavy atom. The minimum absolute atomic E-state index is 0.122. The second-order valence-electron chi connectivity index (χ2n) is 5.61. The molecule has 0 aliphatic carbocycles. The maximum atomic E-state index is 11.0. The van der Waals surface area contributed by atoms with E-state index in [9.17, 15) is 4.21 Å². The summed E-state index contributed by atoms with van der Waals surface area (Å²) in [4.78, 5) is 4.70. The predicted molar refractivity (Wildman–Crippen MR) is 99.3 cm³/mol. The van der Waals surface area contributed by atoms with Crippen molar-refractivity contribution in [2.24, 2.45) is 0 Å². The lowest BCUT2D eigenvalue weighted by Crippen LogP contribution is -2.00. The second kappa shape index (κ2) is 7.47. The summed E-state index contributed by atoms with van der Waals surface area (Å²) in [6.45, 7) is 2.07. The van der Waals surface area contributed by atoms with Crippen molar-refractivity contribution in [3.05, 3.63) is 59.4 Å². The van der Waals surface area contributed by atoms with Gasteiger partial charge in [0.1, 0.15) is 5.82 Å². The highest BCUT2D eigenvalue weighted by molar-refractivity contribution is 7.78. The molecular weight excluding hydrogens is 344 g/mol. The van der Waals surface area contributed by atoms with Gasteiger partial charge < -0.3 is 4.55 Å². The van der Waals surface area contributed by atoms with Gasteiger partial charge in [0.2, 0.25) is 0 Å². The molecule has 0 radical (unpaired) electrons. The van der Waals surface area contributed by atoms with E-state index in [4.69, 9.17) is 21.1 Å².